The molecule has 0 bridgehead atoms. The van der Waals surface area contributed by atoms with Crippen molar-refractivity contribution < 1.29 is 14.3 Å². The Morgan fingerprint density at radius 2 is 1.69 bits per heavy atom. The largest absolute Gasteiger partial charge is 0.464 e. The van der Waals surface area contributed by atoms with Crippen LogP contribution in [-0.2, 0) is 14.3 Å². The van der Waals surface area contributed by atoms with Gasteiger partial charge in [-0.15, -0.1) is 0 Å². The molecule has 0 amide bonds. The van der Waals surface area contributed by atoms with Gasteiger partial charge in [-0.2, -0.15) is 0 Å². The predicted molar refractivity (Wildman–Crippen MR) is 109 cm³/mol. The molecule has 2 unspecified atom stereocenters. The normalized spacial score (nSPS) is 19.3. The molecule has 1 saturated carbocycles. The summed E-state index contributed by atoms with van der Waals surface area (Å²) in [5, 5.41) is 0. The summed E-state index contributed by atoms with van der Waals surface area (Å²) < 4.78 is 12.1. The summed E-state index contributed by atoms with van der Waals surface area (Å²) in [6.45, 7) is 11.9. The van der Waals surface area contributed by atoms with Gasteiger partial charge in [0.1, 0.15) is 0 Å². The highest BCUT2D eigenvalue weighted by Gasteiger charge is 2.47. The fourth-order valence-corrected chi connectivity index (χ4v) is 4.39. The number of carbonyl (C=O) groups is 1. The van der Waals surface area contributed by atoms with E-state index < -0.39 is 5.60 Å². The fraction of sp³-hybridized carbons (Fsp3) is 0.957. The quantitative estimate of drug-likeness (QED) is 0.346. The molecule has 0 aromatic carbocycles. The zero-order valence-corrected chi connectivity index (χ0v) is 18.1. The van der Waals surface area contributed by atoms with Crippen LogP contribution in [0.15, 0.2) is 0 Å². The fourth-order valence-electron chi connectivity index (χ4n) is 4.39. The maximum absolute atomic E-state index is 13.1. The van der Waals surface area contributed by atoms with Crippen molar-refractivity contribution in [3.8, 4) is 0 Å². The van der Waals surface area contributed by atoms with Gasteiger partial charge < -0.3 is 9.47 Å². The lowest BCUT2D eigenvalue weighted by molar-refractivity contribution is -0.185. The van der Waals surface area contributed by atoms with Gasteiger partial charge in [-0.1, -0.05) is 73.1 Å². The molecule has 2 atom stereocenters. The Hall–Kier alpha value is -0.570. The Morgan fingerprint density at radius 3 is 2.23 bits per heavy atom. The van der Waals surface area contributed by atoms with E-state index in [0.717, 1.165) is 38.0 Å². The minimum atomic E-state index is -0.752. The summed E-state index contributed by atoms with van der Waals surface area (Å²) in [6.07, 6.45) is 12.5. The predicted octanol–water partition coefficient (Wildman–Crippen LogP) is 6.54. The molecule has 3 nitrogen and oxygen atoms in total. The Bertz CT molecular complexity index is 374. The number of ether oxygens (including phenoxy) is 2. The molecule has 1 fully saturated rings. The highest BCUT2D eigenvalue weighted by molar-refractivity contribution is 5.80. The van der Waals surface area contributed by atoms with E-state index in [1.807, 2.05) is 6.92 Å². The van der Waals surface area contributed by atoms with E-state index >= 15 is 0 Å². The van der Waals surface area contributed by atoms with E-state index in [4.69, 9.17) is 9.47 Å². The molecule has 3 heteroatoms. The first-order valence-corrected chi connectivity index (χ1v) is 11.3. The van der Waals surface area contributed by atoms with Crippen molar-refractivity contribution in [2.75, 3.05) is 13.2 Å². The molecule has 1 rings (SSSR count). The van der Waals surface area contributed by atoms with Gasteiger partial charge in [0.25, 0.3) is 0 Å². The molecule has 0 radical (unpaired) electrons. The van der Waals surface area contributed by atoms with Gasteiger partial charge >= 0.3 is 5.97 Å². The van der Waals surface area contributed by atoms with Gasteiger partial charge in [0.2, 0.25) is 0 Å². The van der Waals surface area contributed by atoms with Crippen LogP contribution in [0.3, 0.4) is 0 Å². The van der Waals surface area contributed by atoms with Gasteiger partial charge in [0.05, 0.1) is 6.61 Å². The molecule has 0 spiro atoms. The van der Waals surface area contributed by atoms with Crippen LogP contribution in [0, 0.1) is 17.8 Å². The Morgan fingerprint density at radius 1 is 1.00 bits per heavy atom. The van der Waals surface area contributed by atoms with Crippen LogP contribution in [0.4, 0.5) is 0 Å². The molecule has 0 heterocycles. The summed E-state index contributed by atoms with van der Waals surface area (Å²) in [6, 6.07) is 0. The third-order valence-corrected chi connectivity index (χ3v) is 6.00. The Kier molecular flexibility index (Phi) is 11.5. The van der Waals surface area contributed by atoms with Gasteiger partial charge in [-0.25, -0.2) is 4.79 Å². The molecule has 0 aromatic rings. The summed E-state index contributed by atoms with van der Waals surface area (Å²) >= 11 is 0. The first-order chi connectivity index (χ1) is 12.5. The number of esters is 1. The second kappa shape index (κ2) is 12.8. The molecular weight excluding hydrogens is 324 g/mol. The number of rotatable bonds is 13. The monoisotopic (exact) mass is 368 g/mol. The van der Waals surface area contributed by atoms with Crippen molar-refractivity contribution >= 4 is 5.97 Å². The summed E-state index contributed by atoms with van der Waals surface area (Å²) in [5.41, 5.74) is -0.752. The van der Waals surface area contributed by atoms with Crippen LogP contribution in [0.2, 0.25) is 0 Å². The van der Waals surface area contributed by atoms with Gasteiger partial charge in [-0.3, -0.25) is 0 Å². The maximum atomic E-state index is 13.1. The number of carbonyl (C=O) groups excluding carboxylic acids is 1. The van der Waals surface area contributed by atoms with Gasteiger partial charge in [-0.05, 0) is 49.9 Å². The third-order valence-electron chi connectivity index (χ3n) is 6.00. The molecule has 0 N–H and O–H groups in total. The molecule has 0 aliphatic heterocycles. The first-order valence-electron chi connectivity index (χ1n) is 11.3. The van der Waals surface area contributed by atoms with E-state index in [2.05, 4.69) is 27.7 Å². The SMILES string of the molecule is CCCOC(=O)C(CC)(OCCC(C)C)C(CCC)CC1CCCCC1. The first kappa shape index (κ1) is 23.5. The van der Waals surface area contributed by atoms with E-state index in [1.54, 1.807) is 0 Å². The molecule has 0 aromatic heterocycles. The number of hydrogen-bond donors (Lipinski definition) is 0. The van der Waals surface area contributed by atoms with Crippen molar-refractivity contribution in [2.45, 2.75) is 111 Å². The molecular formula is C23H44O3. The van der Waals surface area contributed by atoms with Crippen LogP contribution in [-0.4, -0.2) is 24.8 Å². The lowest BCUT2D eigenvalue weighted by atomic mass is 9.73. The maximum Gasteiger partial charge on any atom is 0.338 e. The average Bonchev–Trinajstić information content (AvgIpc) is 2.64. The molecule has 0 saturated heterocycles. The second-order valence-electron chi connectivity index (χ2n) is 8.64. The van der Waals surface area contributed by atoms with Crippen LogP contribution in [0.5, 0.6) is 0 Å². The molecule has 1 aliphatic rings. The van der Waals surface area contributed by atoms with Gasteiger partial charge in [0, 0.05) is 6.61 Å². The van der Waals surface area contributed by atoms with Crippen molar-refractivity contribution in [3.63, 3.8) is 0 Å². The van der Waals surface area contributed by atoms with Crippen molar-refractivity contribution in [1.82, 2.24) is 0 Å². The average molecular weight is 369 g/mol. The van der Waals surface area contributed by atoms with Crippen LogP contribution in [0.25, 0.3) is 0 Å². The highest BCUT2D eigenvalue weighted by Crippen LogP contribution is 2.39. The van der Waals surface area contributed by atoms with E-state index in [1.165, 1.54) is 32.1 Å². The van der Waals surface area contributed by atoms with Crippen molar-refractivity contribution in [1.29, 1.82) is 0 Å². The van der Waals surface area contributed by atoms with Gasteiger partial charge in [0.15, 0.2) is 5.60 Å². The Balaban J connectivity index is 2.97. The lowest BCUT2D eigenvalue weighted by Gasteiger charge is -2.40. The van der Waals surface area contributed by atoms with E-state index in [-0.39, 0.29) is 11.9 Å². The zero-order chi connectivity index (χ0) is 19.4. The minimum Gasteiger partial charge on any atom is -0.464 e. The minimum absolute atomic E-state index is 0.111. The third kappa shape index (κ3) is 7.21. The van der Waals surface area contributed by atoms with Crippen molar-refractivity contribution in [2.24, 2.45) is 17.8 Å². The van der Waals surface area contributed by atoms with Crippen molar-refractivity contribution in [3.05, 3.63) is 0 Å². The van der Waals surface area contributed by atoms with E-state index in [0.29, 0.717) is 25.6 Å². The summed E-state index contributed by atoms with van der Waals surface area (Å²) in [7, 11) is 0. The van der Waals surface area contributed by atoms with Crippen LogP contribution in [0.1, 0.15) is 105 Å². The second-order valence-corrected chi connectivity index (χ2v) is 8.64. The Labute approximate surface area is 162 Å². The summed E-state index contributed by atoms with van der Waals surface area (Å²) in [4.78, 5) is 13.1. The topological polar surface area (TPSA) is 35.5 Å². The van der Waals surface area contributed by atoms with Crippen LogP contribution < -0.4 is 0 Å². The smallest absolute Gasteiger partial charge is 0.338 e. The number of hydrogen-bond acceptors (Lipinski definition) is 3. The summed E-state index contributed by atoms with van der Waals surface area (Å²) in [5.74, 6) is 1.50. The lowest BCUT2D eigenvalue weighted by Crippen LogP contribution is -2.50. The van der Waals surface area contributed by atoms with Crippen LogP contribution >= 0.6 is 0 Å². The highest BCUT2D eigenvalue weighted by atomic mass is 16.6. The standard InChI is InChI=1S/C23H44O3/c1-6-12-21(18-20-13-10-9-11-14-20)23(8-3,22(24)25-16-7-2)26-17-15-19(4)5/h19-21H,6-18H2,1-5H3. The molecule has 154 valence electrons. The zero-order valence-electron chi connectivity index (χ0n) is 18.1. The molecule has 26 heavy (non-hydrogen) atoms. The molecule has 1 aliphatic carbocycles. The van der Waals surface area contributed by atoms with E-state index in [9.17, 15) is 4.79 Å².